The van der Waals surface area contributed by atoms with Crippen molar-refractivity contribution >= 4 is 37.8 Å². The first-order chi connectivity index (χ1) is 9.03. The third kappa shape index (κ3) is 4.47. The zero-order valence-corrected chi connectivity index (χ0v) is 14.0. The number of aliphatic hydroxyl groups excluding tert-OH is 1. The second-order valence-corrected chi connectivity index (χ2v) is 5.52. The van der Waals surface area contributed by atoms with E-state index in [1.807, 2.05) is 6.92 Å². The van der Waals surface area contributed by atoms with Crippen molar-refractivity contribution in [2.45, 2.75) is 33.0 Å². The lowest BCUT2D eigenvalue weighted by Gasteiger charge is -2.18. The number of hydrogen-bond donors (Lipinski definition) is 1. The summed E-state index contributed by atoms with van der Waals surface area (Å²) in [5.41, 5.74) is 0.746. The number of hydrogen-bond acceptors (Lipinski definition) is 4. The Hall–Kier alpha value is -0.590. The summed E-state index contributed by atoms with van der Waals surface area (Å²) in [6.07, 6.45) is -0.132. The van der Waals surface area contributed by atoms with Crippen LogP contribution in [0.5, 0.6) is 5.75 Å². The van der Waals surface area contributed by atoms with Crippen LogP contribution in [-0.2, 0) is 16.1 Å². The lowest BCUT2D eigenvalue weighted by molar-refractivity contribution is -0.151. The molecule has 1 rings (SSSR count). The molecule has 6 heteroatoms. The van der Waals surface area contributed by atoms with Gasteiger partial charge in [-0.2, -0.15) is 0 Å². The molecule has 0 heterocycles. The molecule has 0 aliphatic heterocycles. The van der Waals surface area contributed by atoms with Gasteiger partial charge in [-0.1, -0.05) is 6.92 Å². The Labute approximate surface area is 129 Å². The second kappa shape index (κ2) is 7.87. The van der Waals surface area contributed by atoms with Crippen molar-refractivity contribution in [3.05, 3.63) is 26.6 Å². The fraction of sp³-hybridized carbons (Fsp3) is 0.462. The number of halogens is 2. The first kappa shape index (κ1) is 16.5. The molecule has 4 nitrogen and oxygen atoms in total. The van der Waals surface area contributed by atoms with E-state index in [-0.39, 0.29) is 12.6 Å². The lowest BCUT2D eigenvalue weighted by atomic mass is 10.2. The van der Waals surface area contributed by atoms with Gasteiger partial charge in [0, 0.05) is 0 Å². The fourth-order valence-corrected chi connectivity index (χ4v) is 2.96. The predicted octanol–water partition coefficient (Wildman–Crippen LogP) is 3.42. The first-order valence-corrected chi connectivity index (χ1v) is 7.54. The molecule has 0 aliphatic rings. The molecule has 1 aromatic carbocycles. The highest BCUT2D eigenvalue weighted by molar-refractivity contribution is 9.11. The first-order valence-electron chi connectivity index (χ1n) is 5.95. The highest BCUT2D eigenvalue weighted by atomic mass is 79.9. The Morgan fingerprint density at radius 3 is 2.32 bits per heavy atom. The monoisotopic (exact) mass is 394 g/mol. The maximum Gasteiger partial charge on any atom is 0.347 e. The maximum absolute atomic E-state index is 11.7. The summed E-state index contributed by atoms with van der Waals surface area (Å²) in [6, 6.07) is 3.50. The topological polar surface area (TPSA) is 55.8 Å². The number of aliphatic hydroxyl groups is 1. The Bertz CT molecular complexity index is 425. The number of rotatable bonds is 6. The highest BCUT2D eigenvalue weighted by Crippen LogP contribution is 2.35. The SMILES string of the molecule is CCOC(=O)C(CC)Oc1c(Br)cc(CO)cc1Br. The van der Waals surface area contributed by atoms with Crippen LogP contribution in [0.3, 0.4) is 0 Å². The minimum atomic E-state index is -0.646. The van der Waals surface area contributed by atoms with E-state index in [2.05, 4.69) is 31.9 Å². The second-order valence-electron chi connectivity index (χ2n) is 3.81. The van der Waals surface area contributed by atoms with E-state index in [9.17, 15) is 4.79 Å². The summed E-state index contributed by atoms with van der Waals surface area (Å²) in [5.74, 6) is 0.145. The third-order valence-electron chi connectivity index (χ3n) is 2.42. The van der Waals surface area contributed by atoms with Gasteiger partial charge in [0.05, 0.1) is 22.2 Å². The van der Waals surface area contributed by atoms with Crippen LogP contribution in [0.2, 0.25) is 0 Å². The minimum Gasteiger partial charge on any atom is -0.476 e. The van der Waals surface area contributed by atoms with Gasteiger partial charge in [0.25, 0.3) is 0 Å². The van der Waals surface area contributed by atoms with Crippen molar-refractivity contribution < 1.29 is 19.4 Å². The molecule has 0 fully saturated rings. The van der Waals surface area contributed by atoms with Crippen molar-refractivity contribution in [3.8, 4) is 5.75 Å². The summed E-state index contributed by atoms with van der Waals surface area (Å²) in [5, 5.41) is 9.11. The maximum atomic E-state index is 11.7. The summed E-state index contributed by atoms with van der Waals surface area (Å²) in [7, 11) is 0. The Balaban J connectivity index is 2.94. The molecule has 0 saturated carbocycles. The molecular formula is C13H16Br2O4. The number of carbonyl (C=O) groups excluding carboxylic acids is 1. The van der Waals surface area contributed by atoms with Crippen molar-refractivity contribution in [3.63, 3.8) is 0 Å². The van der Waals surface area contributed by atoms with Gasteiger partial charge in [-0.15, -0.1) is 0 Å². The van der Waals surface area contributed by atoms with Gasteiger partial charge in [-0.3, -0.25) is 0 Å². The molecule has 106 valence electrons. The van der Waals surface area contributed by atoms with Crippen LogP contribution < -0.4 is 4.74 Å². The standard InChI is InChI=1S/C13H16Br2O4/c1-3-11(13(17)18-4-2)19-12-9(14)5-8(7-16)6-10(12)15/h5-6,11,16H,3-4,7H2,1-2H3. The van der Waals surface area contributed by atoms with E-state index in [1.165, 1.54) is 0 Å². The van der Waals surface area contributed by atoms with Crippen molar-refractivity contribution in [2.24, 2.45) is 0 Å². The summed E-state index contributed by atoms with van der Waals surface area (Å²) in [4.78, 5) is 11.7. The number of esters is 1. The van der Waals surface area contributed by atoms with E-state index in [0.29, 0.717) is 27.7 Å². The number of benzene rings is 1. The van der Waals surface area contributed by atoms with E-state index >= 15 is 0 Å². The molecule has 0 saturated heterocycles. The van der Waals surface area contributed by atoms with Crippen LogP contribution in [0, 0.1) is 0 Å². The van der Waals surface area contributed by atoms with Crippen LogP contribution in [0.25, 0.3) is 0 Å². The van der Waals surface area contributed by atoms with Crippen LogP contribution in [0.4, 0.5) is 0 Å². The van der Waals surface area contributed by atoms with E-state index < -0.39 is 6.10 Å². The van der Waals surface area contributed by atoms with Crippen LogP contribution in [0.1, 0.15) is 25.8 Å². The molecule has 19 heavy (non-hydrogen) atoms. The van der Waals surface area contributed by atoms with Gasteiger partial charge in [-0.05, 0) is 62.9 Å². The summed E-state index contributed by atoms with van der Waals surface area (Å²) < 4.78 is 12.0. The third-order valence-corrected chi connectivity index (χ3v) is 3.60. The zero-order chi connectivity index (χ0) is 14.4. The molecule has 1 N–H and O–H groups in total. The van der Waals surface area contributed by atoms with Gasteiger partial charge in [0.15, 0.2) is 6.10 Å². The van der Waals surface area contributed by atoms with Gasteiger partial charge in [0.1, 0.15) is 5.75 Å². The summed E-state index contributed by atoms with van der Waals surface area (Å²) >= 11 is 6.73. The van der Waals surface area contributed by atoms with Gasteiger partial charge in [-0.25, -0.2) is 4.79 Å². The van der Waals surface area contributed by atoms with E-state index in [4.69, 9.17) is 14.6 Å². The molecule has 0 aliphatic carbocycles. The largest absolute Gasteiger partial charge is 0.476 e. The van der Waals surface area contributed by atoms with Crippen molar-refractivity contribution in [1.29, 1.82) is 0 Å². The quantitative estimate of drug-likeness (QED) is 0.749. The molecule has 1 atom stereocenters. The van der Waals surface area contributed by atoms with Crippen LogP contribution >= 0.6 is 31.9 Å². The van der Waals surface area contributed by atoms with E-state index in [1.54, 1.807) is 19.1 Å². The van der Waals surface area contributed by atoms with Crippen LogP contribution in [-0.4, -0.2) is 23.8 Å². The summed E-state index contributed by atoms with van der Waals surface area (Å²) in [6.45, 7) is 3.87. The number of ether oxygens (including phenoxy) is 2. The average Bonchev–Trinajstić information content (AvgIpc) is 2.38. The Morgan fingerprint density at radius 2 is 1.89 bits per heavy atom. The Kier molecular flexibility index (Phi) is 6.82. The van der Waals surface area contributed by atoms with E-state index in [0.717, 1.165) is 5.56 Å². The molecular weight excluding hydrogens is 380 g/mol. The molecule has 0 spiro atoms. The predicted molar refractivity (Wildman–Crippen MR) is 79.1 cm³/mol. The van der Waals surface area contributed by atoms with Gasteiger partial charge in [0.2, 0.25) is 0 Å². The zero-order valence-electron chi connectivity index (χ0n) is 10.8. The normalized spacial score (nSPS) is 12.1. The average molecular weight is 396 g/mol. The molecule has 1 unspecified atom stereocenters. The number of carbonyl (C=O) groups is 1. The molecule has 0 radical (unpaired) electrons. The molecule has 1 aromatic rings. The fourth-order valence-electron chi connectivity index (χ4n) is 1.49. The lowest BCUT2D eigenvalue weighted by Crippen LogP contribution is -2.29. The highest BCUT2D eigenvalue weighted by Gasteiger charge is 2.22. The van der Waals surface area contributed by atoms with Gasteiger partial charge >= 0.3 is 5.97 Å². The van der Waals surface area contributed by atoms with Crippen LogP contribution in [0.15, 0.2) is 21.1 Å². The Morgan fingerprint density at radius 1 is 1.32 bits per heavy atom. The van der Waals surface area contributed by atoms with Crippen molar-refractivity contribution in [2.75, 3.05) is 6.61 Å². The van der Waals surface area contributed by atoms with Gasteiger partial charge < -0.3 is 14.6 Å². The van der Waals surface area contributed by atoms with Crippen molar-refractivity contribution in [1.82, 2.24) is 0 Å². The minimum absolute atomic E-state index is 0.0629. The molecule has 0 amide bonds. The molecule has 0 aromatic heterocycles. The smallest absolute Gasteiger partial charge is 0.347 e. The molecule has 0 bridgehead atoms.